The van der Waals surface area contributed by atoms with Gasteiger partial charge in [0.15, 0.2) is 0 Å². The molecule has 0 unspecified atom stereocenters. The summed E-state index contributed by atoms with van der Waals surface area (Å²) in [7, 11) is 0. The van der Waals surface area contributed by atoms with Gasteiger partial charge in [-0.1, -0.05) is 11.6 Å². The molecule has 6 heteroatoms. The molecule has 2 N–H and O–H groups in total. The number of carbonyl (C=O) groups is 1. The molecular formula is C14H10ClN3O2. The van der Waals surface area contributed by atoms with E-state index in [0.717, 1.165) is 0 Å². The average molecular weight is 288 g/mol. The maximum atomic E-state index is 11.2. The molecule has 0 radical (unpaired) electrons. The summed E-state index contributed by atoms with van der Waals surface area (Å²) in [5.74, 6) is -1.09. The minimum absolute atomic E-state index is 0.0361. The van der Waals surface area contributed by atoms with Crippen molar-refractivity contribution in [1.29, 1.82) is 5.26 Å². The fourth-order valence-electron chi connectivity index (χ4n) is 1.67. The fourth-order valence-corrected chi connectivity index (χ4v) is 1.83. The fraction of sp³-hybridized carbons (Fsp3) is 0.0714. The van der Waals surface area contributed by atoms with Crippen LogP contribution in [0, 0.1) is 18.3 Å². The number of aromatic nitrogens is 1. The van der Waals surface area contributed by atoms with E-state index in [1.165, 1.54) is 6.20 Å². The van der Waals surface area contributed by atoms with E-state index in [4.69, 9.17) is 22.0 Å². The van der Waals surface area contributed by atoms with Gasteiger partial charge in [0.2, 0.25) is 0 Å². The van der Waals surface area contributed by atoms with Crippen LogP contribution in [0.4, 0.5) is 11.4 Å². The second-order valence-electron chi connectivity index (χ2n) is 4.11. The number of nitrogens with one attached hydrogen (secondary N) is 1. The first-order valence-corrected chi connectivity index (χ1v) is 6.05. The molecule has 5 nitrogen and oxygen atoms in total. The maximum Gasteiger partial charge on any atom is 0.339 e. The molecule has 100 valence electrons. The lowest BCUT2D eigenvalue weighted by atomic mass is 10.1. The van der Waals surface area contributed by atoms with Gasteiger partial charge < -0.3 is 10.4 Å². The van der Waals surface area contributed by atoms with Crippen LogP contribution in [0.3, 0.4) is 0 Å². The molecule has 1 aromatic carbocycles. The normalized spacial score (nSPS) is 9.85. The van der Waals surface area contributed by atoms with Crippen LogP contribution in [-0.2, 0) is 0 Å². The van der Waals surface area contributed by atoms with Gasteiger partial charge in [0, 0.05) is 11.9 Å². The van der Waals surface area contributed by atoms with Crippen molar-refractivity contribution >= 4 is 28.9 Å². The molecule has 0 atom stereocenters. The van der Waals surface area contributed by atoms with Gasteiger partial charge in [-0.05, 0) is 31.2 Å². The number of aryl methyl sites for hydroxylation is 1. The molecule has 0 fully saturated rings. The van der Waals surface area contributed by atoms with Crippen molar-refractivity contribution in [1.82, 2.24) is 4.98 Å². The molecule has 2 rings (SSSR count). The van der Waals surface area contributed by atoms with Gasteiger partial charge in [0.05, 0.1) is 28.0 Å². The van der Waals surface area contributed by atoms with E-state index in [2.05, 4.69) is 10.3 Å². The molecule has 0 aliphatic rings. The summed E-state index contributed by atoms with van der Waals surface area (Å²) in [4.78, 5) is 15.1. The highest BCUT2D eigenvalue weighted by Crippen LogP contribution is 2.28. The van der Waals surface area contributed by atoms with E-state index < -0.39 is 5.97 Å². The smallest absolute Gasteiger partial charge is 0.339 e. The van der Waals surface area contributed by atoms with Crippen LogP contribution in [0.1, 0.15) is 21.6 Å². The van der Waals surface area contributed by atoms with E-state index in [1.807, 2.05) is 6.07 Å². The number of carboxylic acids is 1. The highest BCUT2D eigenvalue weighted by molar-refractivity contribution is 6.33. The summed E-state index contributed by atoms with van der Waals surface area (Å²) in [5, 5.41) is 21.4. The van der Waals surface area contributed by atoms with Gasteiger partial charge in [-0.3, -0.25) is 4.98 Å². The summed E-state index contributed by atoms with van der Waals surface area (Å²) >= 11 is 6.04. The maximum absolute atomic E-state index is 11.2. The van der Waals surface area contributed by atoms with Crippen LogP contribution in [-0.4, -0.2) is 16.1 Å². The van der Waals surface area contributed by atoms with Crippen molar-refractivity contribution in [3.8, 4) is 6.07 Å². The zero-order chi connectivity index (χ0) is 14.7. The molecule has 0 bridgehead atoms. The summed E-state index contributed by atoms with van der Waals surface area (Å²) < 4.78 is 0. The molecular weight excluding hydrogens is 278 g/mol. The minimum atomic E-state index is -1.09. The molecule has 0 saturated carbocycles. The second-order valence-corrected chi connectivity index (χ2v) is 4.52. The molecule has 0 aliphatic carbocycles. The third-order valence-corrected chi connectivity index (χ3v) is 2.97. The van der Waals surface area contributed by atoms with Crippen molar-refractivity contribution in [2.24, 2.45) is 0 Å². The van der Waals surface area contributed by atoms with E-state index >= 15 is 0 Å². The Balaban J connectivity index is 2.47. The molecule has 0 amide bonds. The monoisotopic (exact) mass is 287 g/mol. The van der Waals surface area contributed by atoms with Gasteiger partial charge in [0.1, 0.15) is 5.56 Å². The number of nitriles is 1. The number of nitrogens with zero attached hydrogens (tertiary/aromatic N) is 2. The van der Waals surface area contributed by atoms with E-state index in [9.17, 15) is 4.79 Å². The molecule has 20 heavy (non-hydrogen) atoms. The van der Waals surface area contributed by atoms with Gasteiger partial charge in [-0.2, -0.15) is 5.26 Å². The van der Waals surface area contributed by atoms with Crippen molar-refractivity contribution < 1.29 is 9.90 Å². The van der Waals surface area contributed by atoms with Crippen LogP contribution in [0.15, 0.2) is 30.5 Å². The highest BCUT2D eigenvalue weighted by atomic mass is 35.5. The van der Waals surface area contributed by atoms with Crippen molar-refractivity contribution in [2.75, 3.05) is 5.32 Å². The standard InChI is InChI=1S/C14H10ClN3O2/c1-8-4-12(10(7-17-8)14(19)20)18-13-5-9(6-16)2-3-11(13)15/h2-5,7H,1H3,(H,17,18)(H,19,20). The molecule has 0 saturated heterocycles. The number of benzene rings is 1. The van der Waals surface area contributed by atoms with Crippen molar-refractivity contribution in [3.05, 3.63) is 52.3 Å². The number of hydrogen-bond donors (Lipinski definition) is 2. The third kappa shape index (κ3) is 2.87. The van der Waals surface area contributed by atoms with E-state index in [1.54, 1.807) is 31.2 Å². The Kier molecular flexibility index (Phi) is 3.87. The largest absolute Gasteiger partial charge is 0.478 e. The van der Waals surface area contributed by atoms with Crippen LogP contribution in [0.25, 0.3) is 0 Å². The molecule has 2 aromatic rings. The van der Waals surface area contributed by atoms with Gasteiger partial charge in [-0.25, -0.2) is 4.79 Å². The highest BCUT2D eigenvalue weighted by Gasteiger charge is 2.12. The van der Waals surface area contributed by atoms with Gasteiger partial charge in [-0.15, -0.1) is 0 Å². The number of pyridine rings is 1. The van der Waals surface area contributed by atoms with Crippen LogP contribution < -0.4 is 5.32 Å². The Labute approximate surface area is 120 Å². The Hall–Kier alpha value is -2.58. The molecule has 0 aliphatic heterocycles. The average Bonchev–Trinajstić information content (AvgIpc) is 2.41. The first-order chi connectivity index (χ1) is 9.51. The van der Waals surface area contributed by atoms with Crippen molar-refractivity contribution in [3.63, 3.8) is 0 Å². The Morgan fingerprint density at radius 3 is 2.80 bits per heavy atom. The van der Waals surface area contributed by atoms with Crippen LogP contribution in [0.5, 0.6) is 0 Å². The molecule has 1 aromatic heterocycles. The van der Waals surface area contributed by atoms with Gasteiger partial charge >= 0.3 is 5.97 Å². The molecule has 0 spiro atoms. The first-order valence-electron chi connectivity index (χ1n) is 5.68. The number of rotatable bonds is 3. The second kappa shape index (κ2) is 5.59. The number of carboxylic acid groups (broad SMARTS) is 1. The predicted molar refractivity (Wildman–Crippen MR) is 75.4 cm³/mol. The third-order valence-electron chi connectivity index (χ3n) is 2.64. The number of halogens is 1. The quantitative estimate of drug-likeness (QED) is 0.904. The Morgan fingerprint density at radius 1 is 1.40 bits per heavy atom. The lowest BCUT2D eigenvalue weighted by molar-refractivity contribution is 0.0697. The summed E-state index contributed by atoms with van der Waals surface area (Å²) in [6, 6.07) is 8.34. The van der Waals surface area contributed by atoms with E-state index in [-0.39, 0.29) is 5.56 Å². The first kappa shape index (κ1) is 13.8. The lowest BCUT2D eigenvalue weighted by Gasteiger charge is -2.11. The number of hydrogen-bond acceptors (Lipinski definition) is 4. The Morgan fingerprint density at radius 2 is 2.15 bits per heavy atom. The summed E-state index contributed by atoms with van der Waals surface area (Å²) in [5.41, 5.74) is 1.99. The summed E-state index contributed by atoms with van der Waals surface area (Å²) in [6.07, 6.45) is 1.28. The predicted octanol–water partition coefficient (Wildman–Crippen LogP) is 3.36. The lowest BCUT2D eigenvalue weighted by Crippen LogP contribution is -2.04. The number of anilines is 2. The van der Waals surface area contributed by atoms with Crippen molar-refractivity contribution in [2.45, 2.75) is 6.92 Å². The topological polar surface area (TPSA) is 86.0 Å². The molecule has 1 heterocycles. The SMILES string of the molecule is Cc1cc(Nc2cc(C#N)ccc2Cl)c(C(=O)O)cn1. The Bertz CT molecular complexity index is 723. The summed E-state index contributed by atoms with van der Waals surface area (Å²) in [6.45, 7) is 1.75. The van der Waals surface area contributed by atoms with Crippen LogP contribution >= 0.6 is 11.6 Å². The van der Waals surface area contributed by atoms with Gasteiger partial charge in [0.25, 0.3) is 0 Å². The van der Waals surface area contributed by atoms with E-state index in [0.29, 0.717) is 27.7 Å². The zero-order valence-electron chi connectivity index (χ0n) is 10.5. The zero-order valence-corrected chi connectivity index (χ0v) is 11.3. The minimum Gasteiger partial charge on any atom is -0.478 e. The van der Waals surface area contributed by atoms with Crippen LogP contribution in [0.2, 0.25) is 5.02 Å². The number of aromatic carboxylic acids is 1.